The van der Waals surface area contributed by atoms with Crippen LogP contribution in [0.4, 0.5) is 10.2 Å². The Labute approximate surface area is 221 Å². The monoisotopic (exact) mass is 525 g/mol. The number of piperidine rings is 1. The summed E-state index contributed by atoms with van der Waals surface area (Å²) < 4.78 is 13.9. The van der Waals surface area contributed by atoms with Gasteiger partial charge in [-0.3, -0.25) is 9.69 Å². The summed E-state index contributed by atoms with van der Waals surface area (Å²) in [6.45, 7) is 8.33. The lowest BCUT2D eigenvalue weighted by molar-refractivity contribution is 0.0480. The smallest absolute Gasteiger partial charge is 0.253 e. The lowest BCUT2D eigenvalue weighted by Gasteiger charge is -2.48. The highest BCUT2D eigenvalue weighted by atomic mass is 35.5. The summed E-state index contributed by atoms with van der Waals surface area (Å²) >= 11 is 5.78. The number of aryl methyl sites for hydroxylation is 1. The van der Waals surface area contributed by atoms with Crippen LogP contribution in [0.2, 0.25) is 5.02 Å². The van der Waals surface area contributed by atoms with Crippen LogP contribution in [0.5, 0.6) is 0 Å². The summed E-state index contributed by atoms with van der Waals surface area (Å²) in [5.41, 5.74) is 2.01. The van der Waals surface area contributed by atoms with E-state index in [9.17, 15) is 9.18 Å². The molecule has 2 aliphatic rings. The van der Waals surface area contributed by atoms with E-state index in [4.69, 9.17) is 21.6 Å². The molecule has 0 unspecified atom stereocenters. The van der Waals surface area contributed by atoms with E-state index in [-0.39, 0.29) is 10.9 Å². The average Bonchev–Trinajstić information content (AvgIpc) is 3.45. The maximum atomic E-state index is 13.9. The third kappa shape index (κ3) is 5.48. The van der Waals surface area contributed by atoms with Crippen LogP contribution in [0, 0.1) is 12.7 Å². The third-order valence-electron chi connectivity index (χ3n) is 7.50. The first kappa shape index (κ1) is 25.6. The van der Waals surface area contributed by atoms with Gasteiger partial charge in [0.15, 0.2) is 5.82 Å². The molecule has 5 rings (SSSR count). The van der Waals surface area contributed by atoms with Crippen molar-refractivity contribution in [1.29, 1.82) is 0 Å². The molecule has 1 N–H and O–H groups in total. The first-order valence-electron chi connectivity index (χ1n) is 13.0. The standard InChI is InChI=1S/C27H33ClFN7O/c1-3-4-21-17-35(26-18(2)33-24(16-32-26)25-30-9-10-31-25)13-14-36(21)20-7-11-34(12-8-20)27(37)19-5-6-22(28)23(29)15-19/h5-6,9-10,15-16,20-21H,3-4,7-8,11-14,17H2,1-2H3,(H,30,31)/t21-/m0/s1. The Bertz CT molecular complexity index is 1230. The predicted octanol–water partition coefficient (Wildman–Crippen LogP) is 4.56. The maximum absolute atomic E-state index is 13.9. The van der Waals surface area contributed by atoms with Crippen molar-refractivity contribution in [3.8, 4) is 11.5 Å². The van der Waals surface area contributed by atoms with Crippen LogP contribution in [0.25, 0.3) is 11.5 Å². The number of imidazole rings is 1. The van der Waals surface area contributed by atoms with Crippen molar-refractivity contribution in [1.82, 2.24) is 29.7 Å². The van der Waals surface area contributed by atoms with Crippen molar-refractivity contribution in [3.63, 3.8) is 0 Å². The Hall–Kier alpha value is -3.04. The van der Waals surface area contributed by atoms with E-state index < -0.39 is 5.82 Å². The van der Waals surface area contributed by atoms with Gasteiger partial charge < -0.3 is 14.8 Å². The lowest BCUT2D eigenvalue weighted by Crippen LogP contribution is -2.59. The highest BCUT2D eigenvalue weighted by Crippen LogP contribution is 2.28. The Morgan fingerprint density at radius 1 is 1.19 bits per heavy atom. The van der Waals surface area contributed by atoms with E-state index in [2.05, 4.69) is 26.7 Å². The molecule has 2 fully saturated rings. The van der Waals surface area contributed by atoms with Crippen LogP contribution in [0.1, 0.15) is 48.7 Å². The number of halogens is 2. The second kappa shape index (κ2) is 11.1. The molecule has 0 radical (unpaired) electrons. The minimum Gasteiger partial charge on any atom is -0.352 e. The Kier molecular flexibility index (Phi) is 7.71. The number of nitrogens with one attached hydrogen (secondary N) is 1. The van der Waals surface area contributed by atoms with Gasteiger partial charge in [-0.15, -0.1) is 0 Å². The van der Waals surface area contributed by atoms with Gasteiger partial charge in [0.1, 0.15) is 17.3 Å². The fourth-order valence-corrected chi connectivity index (χ4v) is 5.77. The van der Waals surface area contributed by atoms with Gasteiger partial charge in [0, 0.05) is 62.8 Å². The van der Waals surface area contributed by atoms with Crippen molar-refractivity contribution in [3.05, 3.63) is 58.9 Å². The first-order chi connectivity index (χ1) is 17.9. The number of H-pyrrole nitrogens is 1. The number of carbonyl (C=O) groups excluding carboxylic acids is 1. The van der Waals surface area contributed by atoms with Gasteiger partial charge in [0.2, 0.25) is 0 Å². The highest BCUT2D eigenvalue weighted by Gasteiger charge is 2.35. The van der Waals surface area contributed by atoms with Gasteiger partial charge in [0.05, 0.1) is 16.9 Å². The number of aromatic amines is 1. The fraction of sp³-hybridized carbons (Fsp3) is 0.481. The molecule has 1 aromatic carbocycles. The normalized spacial score (nSPS) is 19.4. The molecule has 0 bridgehead atoms. The topological polar surface area (TPSA) is 81.2 Å². The van der Waals surface area contributed by atoms with Crippen molar-refractivity contribution in [2.24, 2.45) is 0 Å². The van der Waals surface area contributed by atoms with Crippen molar-refractivity contribution < 1.29 is 9.18 Å². The number of anilines is 1. The summed E-state index contributed by atoms with van der Waals surface area (Å²) in [7, 11) is 0. The Morgan fingerprint density at radius 3 is 2.68 bits per heavy atom. The number of hydrogen-bond acceptors (Lipinski definition) is 6. The molecule has 8 nitrogen and oxygen atoms in total. The molecule has 196 valence electrons. The highest BCUT2D eigenvalue weighted by molar-refractivity contribution is 6.30. The van der Waals surface area contributed by atoms with Gasteiger partial charge in [-0.2, -0.15) is 0 Å². The number of hydrogen-bond donors (Lipinski definition) is 1. The van der Waals surface area contributed by atoms with Crippen LogP contribution < -0.4 is 4.90 Å². The van der Waals surface area contributed by atoms with E-state index in [1.807, 2.05) is 11.8 Å². The number of likely N-dealkylation sites (tertiary alicyclic amines) is 1. The van der Waals surface area contributed by atoms with Gasteiger partial charge in [-0.1, -0.05) is 24.9 Å². The lowest BCUT2D eigenvalue weighted by atomic mass is 9.96. The molecular weight excluding hydrogens is 493 g/mol. The second-order valence-electron chi connectivity index (χ2n) is 9.88. The molecule has 2 aliphatic heterocycles. The molecular formula is C27H33ClFN7O. The first-order valence-corrected chi connectivity index (χ1v) is 13.4. The number of amides is 1. The van der Waals surface area contributed by atoms with Gasteiger partial charge >= 0.3 is 0 Å². The van der Waals surface area contributed by atoms with Crippen LogP contribution in [-0.4, -0.2) is 80.5 Å². The van der Waals surface area contributed by atoms with Gasteiger partial charge in [-0.05, 0) is 44.4 Å². The maximum Gasteiger partial charge on any atom is 0.253 e. The van der Waals surface area contributed by atoms with E-state index in [0.29, 0.717) is 30.7 Å². The summed E-state index contributed by atoms with van der Waals surface area (Å²) in [6, 6.07) is 5.13. The number of benzene rings is 1. The molecule has 0 spiro atoms. The van der Waals surface area contributed by atoms with Crippen LogP contribution in [0.3, 0.4) is 0 Å². The van der Waals surface area contributed by atoms with Crippen molar-refractivity contribution in [2.45, 2.75) is 51.6 Å². The van der Waals surface area contributed by atoms with Gasteiger partial charge in [0.25, 0.3) is 5.91 Å². The predicted molar refractivity (Wildman–Crippen MR) is 142 cm³/mol. The number of nitrogens with zero attached hydrogens (tertiary/aromatic N) is 6. The van der Waals surface area contributed by atoms with E-state index >= 15 is 0 Å². The molecule has 1 atom stereocenters. The molecule has 0 aliphatic carbocycles. The molecule has 37 heavy (non-hydrogen) atoms. The number of carbonyl (C=O) groups is 1. The summed E-state index contributed by atoms with van der Waals surface area (Å²) in [5.74, 6) is 0.975. The zero-order valence-corrected chi connectivity index (χ0v) is 22.1. The van der Waals surface area contributed by atoms with Crippen molar-refractivity contribution >= 4 is 23.3 Å². The zero-order valence-electron chi connectivity index (χ0n) is 21.3. The minimum absolute atomic E-state index is 0.0333. The van der Waals surface area contributed by atoms with Crippen LogP contribution in [0.15, 0.2) is 36.8 Å². The molecule has 3 aromatic rings. The molecule has 4 heterocycles. The van der Waals surface area contributed by atoms with Crippen molar-refractivity contribution in [2.75, 3.05) is 37.6 Å². The number of rotatable bonds is 6. The fourth-order valence-electron chi connectivity index (χ4n) is 5.65. The summed E-state index contributed by atoms with van der Waals surface area (Å²) in [5, 5.41) is 0.0333. The quantitative estimate of drug-likeness (QED) is 0.508. The molecule has 2 saturated heterocycles. The van der Waals surface area contributed by atoms with Gasteiger partial charge in [-0.25, -0.2) is 19.3 Å². The Morgan fingerprint density at radius 2 is 2.00 bits per heavy atom. The number of piperazine rings is 1. The summed E-state index contributed by atoms with van der Waals surface area (Å²) in [6.07, 6.45) is 9.34. The molecule has 2 aromatic heterocycles. The van der Waals surface area contributed by atoms with E-state index in [1.54, 1.807) is 24.7 Å². The SMILES string of the molecule is CCC[C@H]1CN(c2ncc(-c3ncc[nH]3)nc2C)CCN1C1CCN(C(=O)c2ccc(Cl)c(F)c2)CC1. The minimum atomic E-state index is -0.557. The molecule has 1 amide bonds. The molecule has 0 saturated carbocycles. The van der Waals surface area contributed by atoms with Crippen LogP contribution >= 0.6 is 11.6 Å². The van der Waals surface area contributed by atoms with E-state index in [0.717, 1.165) is 68.3 Å². The molecule has 10 heteroatoms. The zero-order chi connectivity index (χ0) is 25.9. The van der Waals surface area contributed by atoms with Crippen LogP contribution in [-0.2, 0) is 0 Å². The average molecular weight is 526 g/mol. The van der Waals surface area contributed by atoms with E-state index in [1.165, 1.54) is 12.1 Å². The Balaban J connectivity index is 1.22. The summed E-state index contributed by atoms with van der Waals surface area (Å²) in [4.78, 5) is 36.6. The second-order valence-corrected chi connectivity index (χ2v) is 10.3. The largest absolute Gasteiger partial charge is 0.352 e. The third-order valence-corrected chi connectivity index (χ3v) is 7.81. The number of aromatic nitrogens is 4.